The number of nitrogens with zero attached hydrogens (tertiary/aromatic N) is 1. The van der Waals surface area contributed by atoms with Gasteiger partial charge in [0.2, 0.25) is 0 Å². The van der Waals surface area contributed by atoms with E-state index in [1.165, 1.54) is 51.6 Å². The van der Waals surface area contributed by atoms with Crippen LogP contribution in [0.4, 0.5) is 0 Å². The molecule has 0 radical (unpaired) electrons. The number of hydrogen-bond acceptors (Lipinski definition) is 3. The molecule has 1 saturated heterocycles. The predicted molar refractivity (Wildman–Crippen MR) is 85.1 cm³/mol. The highest BCUT2D eigenvalue weighted by atomic mass is 16.5. The van der Waals surface area contributed by atoms with Crippen molar-refractivity contribution in [1.82, 2.24) is 10.2 Å². The minimum atomic E-state index is 0.406. The summed E-state index contributed by atoms with van der Waals surface area (Å²) in [6, 6.07) is 1.19. The second kappa shape index (κ2) is 7.24. The van der Waals surface area contributed by atoms with Gasteiger partial charge in [0.1, 0.15) is 0 Å². The van der Waals surface area contributed by atoms with Gasteiger partial charge in [-0.15, -0.1) is 0 Å². The highest BCUT2D eigenvalue weighted by Crippen LogP contribution is 2.37. The third-order valence-electron chi connectivity index (χ3n) is 5.23. The van der Waals surface area contributed by atoms with Gasteiger partial charge >= 0.3 is 0 Å². The molecule has 0 bridgehead atoms. The normalized spacial score (nSPS) is 28.9. The second-order valence-corrected chi connectivity index (χ2v) is 7.45. The topological polar surface area (TPSA) is 24.5 Å². The molecular weight excluding hydrogens is 248 g/mol. The van der Waals surface area contributed by atoms with Crippen molar-refractivity contribution in [2.45, 2.75) is 76.9 Å². The average molecular weight is 282 g/mol. The molecule has 20 heavy (non-hydrogen) atoms. The Morgan fingerprint density at radius 1 is 1.20 bits per heavy atom. The first-order chi connectivity index (χ1) is 9.57. The number of hydrogen-bond donors (Lipinski definition) is 1. The van der Waals surface area contributed by atoms with Crippen molar-refractivity contribution in [3.63, 3.8) is 0 Å². The van der Waals surface area contributed by atoms with Gasteiger partial charge in [-0.3, -0.25) is 4.90 Å². The van der Waals surface area contributed by atoms with Gasteiger partial charge in [-0.05, 0) is 32.1 Å². The van der Waals surface area contributed by atoms with Crippen molar-refractivity contribution in [1.29, 1.82) is 0 Å². The molecule has 1 N–H and O–H groups in total. The number of methoxy groups -OCH3 is 1. The minimum Gasteiger partial charge on any atom is -0.383 e. The first kappa shape index (κ1) is 16.3. The van der Waals surface area contributed by atoms with Crippen LogP contribution in [0.2, 0.25) is 0 Å². The molecule has 0 aromatic carbocycles. The molecule has 2 atom stereocenters. The van der Waals surface area contributed by atoms with Crippen molar-refractivity contribution >= 4 is 0 Å². The molecule has 2 fully saturated rings. The van der Waals surface area contributed by atoms with Gasteiger partial charge in [0.25, 0.3) is 0 Å². The Balaban J connectivity index is 2.07. The number of ether oxygens (including phenoxy) is 1. The van der Waals surface area contributed by atoms with Crippen molar-refractivity contribution in [2.24, 2.45) is 5.92 Å². The van der Waals surface area contributed by atoms with Crippen LogP contribution in [-0.4, -0.2) is 49.3 Å². The summed E-state index contributed by atoms with van der Waals surface area (Å²) in [5, 5.41) is 3.86. The standard InChI is InChI=1S/C17H34N2O/c1-14(2)10-16-11-19(15(3)12-20-4)17(13-18-16)8-6-5-7-9-17/h14-16,18H,5-13H2,1-4H3. The molecule has 1 aliphatic heterocycles. The van der Waals surface area contributed by atoms with Crippen LogP contribution in [0.3, 0.4) is 0 Å². The number of piperazine rings is 1. The zero-order chi connectivity index (χ0) is 14.6. The van der Waals surface area contributed by atoms with E-state index in [1.54, 1.807) is 0 Å². The molecule has 1 aliphatic carbocycles. The van der Waals surface area contributed by atoms with E-state index in [0.717, 1.165) is 12.5 Å². The van der Waals surface area contributed by atoms with E-state index in [-0.39, 0.29) is 0 Å². The third-order valence-corrected chi connectivity index (χ3v) is 5.23. The van der Waals surface area contributed by atoms with Gasteiger partial charge in [-0.1, -0.05) is 33.1 Å². The quantitative estimate of drug-likeness (QED) is 0.839. The van der Waals surface area contributed by atoms with E-state index < -0.39 is 0 Å². The molecular formula is C17H34N2O. The minimum absolute atomic E-state index is 0.406. The Labute approximate surface area is 125 Å². The fourth-order valence-corrected chi connectivity index (χ4v) is 4.31. The fraction of sp³-hybridized carbons (Fsp3) is 1.00. The van der Waals surface area contributed by atoms with E-state index in [9.17, 15) is 0 Å². The first-order valence-corrected chi connectivity index (χ1v) is 8.56. The summed E-state index contributed by atoms with van der Waals surface area (Å²) in [5.41, 5.74) is 0.406. The molecule has 0 aromatic heterocycles. The maximum absolute atomic E-state index is 5.45. The summed E-state index contributed by atoms with van der Waals surface area (Å²) in [6.07, 6.45) is 8.22. The van der Waals surface area contributed by atoms with Crippen LogP contribution in [0.25, 0.3) is 0 Å². The van der Waals surface area contributed by atoms with Gasteiger partial charge in [0.05, 0.1) is 6.61 Å². The van der Waals surface area contributed by atoms with Gasteiger partial charge in [0, 0.05) is 37.8 Å². The number of nitrogens with one attached hydrogen (secondary N) is 1. The summed E-state index contributed by atoms with van der Waals surface area (Å²) >= 11 is 0. The highest BCUT2D eigenvalue weighted by Gasteiger charge is 2.43. The molecule has 3 heteroatoms. The van der Waals surface area contributed by atoms with Crippen LogP contribution in [0.15, 0.2) is 0 Å². The van der Waals surface area contributed by atoms with E-state index in [1.807, 2.05) is 7.11 Å². The van der Waals surface area contributed by atoms with Crippen LogP contribution in [0.5, 0.6) is 0 Å². The summed E-state index contributed by atoms with van der Waals surface area (Å²) in [7, 11) is 1.83. The zero-order valence-corrected chi connectivity index (χ0v) is 14.0. The molecule has 2 unspecified atom stereocenters. The van der Waals surface area contributed by atoms with E-state index >= 15 is 0 Å². The average Bonchev–Trinajstić information content (AvgIpc) is 2.42. The smallest absolute Gasteiger partial charge is 0.0615 e. The summed E-state index contributed by atoms with van der Waals surface area (Å²) in [6.45, 7) is 10.2. The molecule has 1 spiro atoms. The molecule has 2 aliphatic rings. The molecule has 1 saturated carbocycles. The van der Waals surface area contributed by atoms with Gasteiger partial charge < -0.3 is 10.1 Å². The number of rotatable bonds is 5. The van der Waals surface area contributed by atoms with E-state index in [2.05, 4.69) is 31.0 Å². The summed E-state index contributed by atoms with van der Waals surface area (Å²) < 4.78 is 5.45. The SMILES string of the molecule is COCC(C)N1CC(CC(C)C)NCC12CCCCC2. The van der Waals surface area contributed by atoms with Crippen molar-refractivity contribution in [3.8, 4) is 0 Å². The van der Waals surface area contributed by atoms with Crippen molar-refractivity contribution in [3.05, 3.63) is 0 Å². The highest BCUT2D eigenvalue weighted by molar-refractivity contribution is 5.02. The summed E-state index contributed by atoms with van der Waals surface area (Å²) in [5.74, 6) is 0.771. The van der Waals surface area contributed by atoms with Crippen LogP contribution < -0.4 is 5.32 Å². The monoisotopic (exact) mass is 282 g/mol. The maximum atomic E-state index is 5.45. The lowest BCUT2D eigenvalue weighted by molar-refractivity contribution is -0.0404. The molecule has 0 amide bonds. The van der Waals surface area contributed by atoms with Crippen LogP contribution >= 0.6 is 0 Å². The Hall–Kier alpha value is -0.120. The maximum Gasteiger partial charge on any atom is 0.0615 e. The molecule has 118 valence electrons. The third kappa shape index (κ3) is 3.75. The fourth-order valence-electron chi connectivity index (χ4n) is 4.31. The van der Waals surface area contributed by atoms with Gasteiger partial charge in [0.15, 0.2) is 0 Å². The lowest BCUT2D eigenvalue weighted by Crippen LogP contribution is -2.67. The van der Waals surface area contributed by atoms with E-state index in [0.29, 0.717) is 17.6 Å². The lowest BCUT2D eigenvalue weighted by atomic mass is 9.77. The van der Waals surface area contributed by atoms with Gasteiger partial charge in [-0.2, -0.15) is 0 Å². The molecule has 3 nitrogen and oxygen atoms in total. The van der Waals surface area contributed by atoms with Crippen LogP contribution in [0, 0.1) is 5.92 Å². The molecule has 1 heterocycles. The predicted octanol–water partition coefficient (Wildman–Crippen LogP) is 3.04. The largest absolute Gasteiger partial charge is 0.383 e. The van der Waals surface area contributed by atoms with Crippen LogP contribution in [-0.2, 0) is 4.74 Å². The molecule has 2 rings (SSSR count). The lowest BCUT2D eigenvalue weighted by Gasteiger charge is -2.54. The van der Waals surface area contributed by atoms with Gasteiger partial charge in [-0.25, -0.2) is 0 Å². The molecule has 0 aromatic rings. The Morgan fingerprint density at radius 3 is 2.50 bits per heavy atom. The van der Waals surface area contributed by atoms with Crippen molar-refractivity contribution < 1.29 is 4.74 Å². The Bertz CT molecular complexity index is 287. The summed E-state index contributed by atoms with van der Waals surface area (Å²) in [4.78, 5) is 2.79. The zero-order valence-electron chi connectivity index (χ0n) is 14.0. The van der Waals surface area contributed by atoms with Crippen molar-refractivity contribution in [2.75, 3.05) is 26.8 Å². The second-order valence-electron chi connectivity index (χ2n) is 7.45. The van der Waals surface area contributed by atoms with Crippen LogP contribution in [0.1, 0.15) is 59.3 Å². The Kier molecular flexibility index (Phi) is 5.88. The Morgan fingerprint density at radius 2 is 1.90 bits per heavy atom. The first-order valence-electron chi connectivity index (χ1n) is 8.56. The van der Waals surface area contributed by atoms with E-state index in [4.69, 9.17) is 4.74 Å².